The highest BCUT2D eigenvalue weighted by molar-refractivity contribution is 5.65. The number of amides is 1. The van der Waals surface area contributed by atoms with Gasteiger partial charge >= 0.3 is 6.09 Å². The lowest BCUT2D eigenvalue weighted by Gasteiger charge is -2.54. The number of likely N-dealkylation sites (tertiary alicyclic amines) is 1. The fraction of sp³-hybridized carbons (Fsp3) is 0.909. The Hall–Kier alpha value is -0.770. The second-order valence-corrected chi connectivity index (χ2v) is 5.57. The van der Waals surface area contributed by atoms with E-state index in [2.05, 4.69) is 45.0 Å². The highest BCUT2D eigenvalue weighted by atomic mass is 16.4. The van der Waals surface area contributed by atoms with Crippen molar-refractivity contribution in [1.82, 2.24) is 10.2 Å². The number of likely N-dealkylation sites (N-methyl/N-ethyl adjacent to an activating group) is 1. The minimum atomic E-state index is -0.929. The van der Waals surface area contributed by atoms with E-state index in [0.29, 0.717) is 0 Å². The third-order valence-corrected chi connectivity index (χ3v) is 3.97. The largest absolute Gasteiger partial charge is 0.465 e. The fourth-order valence-electron chi connectivity index (χ4n) is 2.43. The molecule has 1 fully saturated rings. The first-order chi connectivity index (χ1) is 6.68. The van der Waals surface area contributed by atoms with Crippen molar-refractivity contribution in [2.24, 2.45) is 0 Å². The van der Waals surface area contributed by atoms with Gasteiger partial charge in [-0.15, -0.1) is 0 Å². The Balaban J connectivity index is 2.84. The quantitative estimate of drug-likeness (QED) is 0.701. The third kappa shape index (κ3) is 2.25. The zero-order valence-electron chi connectivity index (χ0n) is 10.3. The molecule has 0 radical (unpaired) electrons. The molecule has 4 heteroatoms. The van der Waals surface area contributed by atoms with Crippen LogP contribution in [0.25, 0.3) is 0 Å². The van der Waals surface area contributed by atoms with E-state index in [9.17, 15) is 4.79 Å². The summed E-state index contributed by atoms with van der Waals surface area (Å²) in [4.78, 5) is 13.0. The molecule has 0 saturated carbocycles. The van der Waals surface area contributed by atoms with Crippen molar-refractivity contribution in [1.29, 1.82) is 0 Å². The van der Waals surface area contributed by atoms with Crippen LogP contribution in [0, 0.1) is 0 Å². The molecule has 1 atom stereocenters. The van der Waals surface area contributed by atoms with Crippen molar-refractivity contribution >= 4 is 6.09 Å². The molecule has 0 aliphatic carbocycles. The summed E-state index contributed by atoms with van der Waals surface area (Å²) >= 11 is 0. The van der Waals surface area contributed by atoms with Crippen LogP contribution in [0.2, 0.25) is 0 Å². The summed E-state index contributed by atoms with van der Waals surface area (Å²) in [6.07, 6.45) is 0.982. The molecule has 1 aliphatic heterocycles. The van der Waals surface area contributed by atoms with Gasteiger partial charge in [-0.3, -0.25) is 4.90 Å². The predicted octanol–water partition coefficient (Wildman–Crippen LogP) is 1.91. The molecule has 1 aliphatic rings. The van der Waals surface area contributed by atoms with Crippen LogP contribution >= 0.6 is 0 Å². The van der Waals surface area contributed by atoms with Gasteiger partial charge in [0.15, 0.2) is 0 Å². The van der Waals surface area contributed by atoms with Crippen molar-refractivity contribution in [3.8, 4) is 0 Å². The molecule has 1 saturated heterocycles. The van der Waals surface area contributed by atoms with Gasteiger partial charge in [-0.2, -0.15) is 0 Å². The molecule has 1 amide bonds. The molecule has 15 heavy (non-hydrogen) atoms. The number of hydrogen-bond donors (Lipinski definition) is 2. The maximum absolute atomic E-state index is 10.7. The Morgan fingerprint density at radius 1 is 1.40 bits per heavy atom. The van der Waals surface area contributed by atoms with Crippen LogP contribution in [-0.4, -0.2) is 40.3 Å². The van der Waals surface area contributed by atoms with Gasteiger partial charge in [-0.1, -0.05) is 0 Å². The van der Waals surface area contributed by atoms with Crippen LogP contribution in [0.5, 0.6) is 0 Å². The number of carbonyl (C=O) groups is 1. The lowest BCUT2D eigenvalue weighted by molar-refractivity contribution is -0.0252. The van der Waals surface area contributed by atoms with E-state index in [0.717, 1.165) is 12.8 Å². The fourth-order valence-corrected chi connectivity index (χ4v) is 2.43. The summed E-state index contributed by atoms with van der Waals surface area (Å²) in [5.41, 5.74) is 0.000321. The SMILES string of the molecule is CN1C(C)(C)CCC(NC(=O)O)C1(C)C. The maximum atomic E-state index is 10.7. The molecule has 1 rings (SSSR count). The Kier molecular flexibility index (Phi) is 3.01. The standard InChI is InChI=1S/C11H22N2O2/c1-10(2)7-6-8(12-9(14)15)11(3,4)13(10)5/h8,12H,6-7H2,1-5H3,(H,14,15). The van der Waals surface area contributed by atoms with Gasteiger partial charge in [0.1, 0.15) is 0 Å². The smallest absolute Gasteiger partial charge is 0.404 e. The number of hydrogen-bond acceptors (Lipinski definition) is 2. The van der Waals surface area contributed by atoms with E-state index < -0.39 is 6.09 Å². The van der Waals surface area contributed by atoms with Crippen molar-refractivity contribution in [2.45, 2.75) is 57.7 Å². The van der Waals surface area contributed by atoms with Gasteiger partial charge in [-0.05, 0) is 47.6 Å². The molecule has 2 N–H and O–H groups in total. The Labute approximate surface area is 91.6 Å². The topological polar surface area (TPSA) is 52.6 Å². The summed E-state index contributed by atoms with van der Waals surface area (Å²) in [7, 11) is 2.07. The maximum Gasteiger partial charge on any atom is 0.404 e. The number of nitrogens with zero attached hydrogens (tertiary/aromatic N) is 1. The third-order valence-electron chi connectivity index (χ3n) is 3.97. The van der Waals surface area contributed by atoms with E-state index in [1.54, 1.807) is 0 Å². The minimum Gasteiger partial charge on any atom is -0.465 e. The van der Waals surface area contributed by atoms with Gasteiger partial charge in [0.25, 0.3) is 0 Å². The molecule has 0 aromatic heterocycles. The summed E-state index contributed by atoms with van der Waals surface area (Å²) in [5, 5.41) is 11.4. The summed E-state index contributed by atoms with van der Waals surface area (Å²) in [6, 6.07) is 0.00743. The number of nitrogens with one attached hydrogen (secondary N) is 1. The van der Waals surface area contributed by atoms with Crippen LogP contribution in [0.15, 0.2) is 0 Å². The molecule has 4 nitrogen and oxygen atoms in total. The predicted molar refractivity (Wildman–Crippen MR) is 60.1 cm³/mol. The number of piperidine rings is 1. The highest BCUT2D eigenvalue weighted by Gasteiger charge is 2.45. The van der Waals surface area contributed by atoms with Crippen LogP contribution in [0.4, 0.5) is 4.79 Å². The summed E-state index contributed by atoms with van der Waals surface area (Å²) in [6.45, 7) is 8.58. The molecule has 1 heterocycles. The zero-order chi connectivity index (χ0) is 11.9. The van der Waals surface area contributed by atoms with E-state index in [-0.39, 0.29) is 17.1 Å². The van der Waals surface area contributed by atoms with Gasteiger partial charge < -0.3 is 10.4 Å². The first-order valence-electron chi connectivity index (χ1n) is 5.41. The Morgan fingerprint density at radius 3 is 2.40 bits per heavy atom. The lowest BCUT2D eigenvalue weighted by atomic mass is 9.77. The van der Waals surface area contributed by atoms with Crippen molar-refractivity contribution in [3.05, 3.63) is 0 Å². The number of rotatable bonds is 1. The summed E-state index contributed by atoms with van der Waals surface area (Å²) in [5.74, 6) is 0. The second-order valence-electron chi connectivity index (χ2n) is 5.57. The monoisotopic (exact) mass is 214 g/mol. The molecule has 1 unspecified atom stereocenters. The minimum absolute atomic E-state index is 0.00743. The van der Waals surface area contributed by atoms with Crippen molar-refractivity contribution in [2.75, 3.05) is 7.05 Å². The average molecular weight is 214 g/mol. The van der Waals surface area contributed by atoms with Gasteiger partial charge in [0.05, 0.1) is 6.04 Å². The van der Waals surface area contributed by atoms with Crippen molar-refractivity contribution in [3.63, 3.8) is 0 Å². The average Bonchev–Trinajstić information content (AvgIpc) is 2.08. The summed E-state index contributed by atoms with van der Waals surface area (Å²) < 4.78 is 0. The molecular weight excluding hydrogens is 192 g/mol. The molecule has 88 valence electrons. The van der Waals surface area contributed by atoms with Gasteiger partial charge in [0.2, 0.25) is 0 Å². The Morgan fingerprint density at radius 2 is 1.93 bits per heavy atom. The molecular formula is C11H22N2O2. The Bertz CT molecular complexity index is 261. The number of carboxylic acid groups (broad SMARTS) is 1. The highest BCUT2D eigenvalue weighted by Crippen LogP contribution is 2.36. The normalized spacial score (nSPS) is 29.8. The first-order valence-corrected chi connectivity index (χ1v) is 5.41. The molecule has 0 spiro atoms. The van der Waals surface area contributed by atoms with Crippen LogP contribution < -0.4 is 5.32 Å². The van der Waals surface area contributed by atoms with E-state index in [1.807, 2.05) is 0 Å². The zero-order valence-corrected chi connectivity index (χ0v) is 10.3. The van der Waals surface area contributed by atoms with Crippen LogP contribution in [-0.2, 0) is 0 Å². The molecule has 0 aromatic carbocycles. The molecule has 0 bridgehead atoms. The second kappa shape index (κ2) is 3.67. The van der Waals surface area contributed by atoms with Crippen molar-refractivity contribution < 1.29 is 9.90 Å². The molecule has 0 aromatic rings. The lowest BCUT2D eigenvalue weighted by Crippen LogP contribution is -2.66. The van der Waals surface area contributed by atoms with E-state index in [4.69, 9.17) is 5.11 Å². The van der Waals surface area contributed by atoms with Gasteiger partial charge in [0, 0.05) is 11.1 Å². The van der Waals surface area contributed by atoms with E-state index in [1.165, 1.54) is 0 Å². The van der Waals surface area contributed by atoms with Crippen LogP contribution in [0.3, 0.4) is 0 Å². The van der Waals surface area contributed by atoms with E-state index >= 15 is 0 Å². The van der Waals surface area contributed by atoms with Crippen LogP contribution in [0.1, 0.15) is 40.5 Å². The van der Waals surface area contributed by atoms with Gasteiger partial charge in [-0.25, -0.2) is 4.79 Å². The first kappa shape index (κ1) is 12.3.